The predicted molar refractivity (Wildman–Crippen MR) is 73.2 cm³/mol. The zero-order valence-electron chi connectivity index (χ0n) is 10.4. The van der Waals surface area contributed by atoms with Crippen LogP contribution in [0.25, 0.3) is 0 Å². The lowest BCUT2D eigenvalue weighted by atomic mass is 10.3. The van der Waals surface area contributed by atoms with Crippen molar-refractivity contribution < 1.29 is 23.0 Å². The van der Waals surface area contributed by atoms with E-state index in [9.17, 15) is 13.5 Å². The van der Waals surface area contributed by atoms with Crippen molar-refractivity contribution in [3.63, 3.8) is 0 Å². The highest BCUT2D eigenvalue weighted by atomic mass is 35.5. The number of benzene rings is 1. The van der Waals surface area contributed by atoms with Crippen LogP contribution in [-0.2, 0) is 19.5 Å². The number of halogens is 1. The summed E-state index contributed by atoms with van der Waals surface area (Å²) < 4.78 is 35.5. The Hall–Kier alpha value is -1.02. The van der Waals surface area contributed by atoms with Gasteiger partial charge in [-0.25, -0.2) is 8.42 Å². The minimum absolute atomic E-state index is 0.0268. The quantitative estimate of drug-likeness (QED) is 0.561. The number of hydrogen-bond acceptors (Lipinski definition) is 5. The molecule has 1 rings (SSSR count). The number of rotatable bonds is 8. The van der Waals surface area contributed by atoms with Crippen LogP contribution < -0.4 is 4.72 Å². The van der Waals surface area contributed by atoms with E-state index < -0.39 is 10.0 Å². The van der Waals surface area contributed by atoms with Gasteiger partial charge in [-0.3, -0.25) is 4.72 Å². The lowest BCUT2D eigenvalue weighted by Gasteiger charge is -2.11. The molecule has 0 radical (unpaired) electrons. The molecule has 0 saturated carbocycles. The number of aromatic hydroxyl groups is 1. The number of phenolic OH excluding ortho intramolecular Hbond substituents is 1. The van der Waals surface area contributed by atoms with Crippen molar-refractivity contribution in [3.05, 3.63) is 23.2 Å². The molecule has 6 nitrogen and oxygen atoms in total. The van der Waals surface area contributed by atoms with Gasteiger partial charge in [0, 0.05) is 7.11 Å². The molecule has 1 aromatic rings. The van der Waals surface area contributed by atoms with Gasteiger partial charge in [0.25, 0.3) is 0 Å². The van der Waals surface area contributed by atoms with Crippen LogP contribution in [0.4, 0.5) is 5.69 Å². The Balaban J connectivity index is 2.55. The van der Waals surface area contributed by atoms with E-state index in [2.05, 4.69) is 4.72 Å². The van der Waals surface area contributed by atoms with Crippen molar-refractivity contribution >= 4 is 27.3 Å². The number of hydrogen-bond donors (Lipinski definition) is 2. The largest absolute Gasteiger partial charge is 0.506 e. The Morgan fingerprint density at radius 3 is 2.68 bits per heavy atom. The number of sulfonamides is 1. The van der Waals surface area contributed by atoms with Crippen molar-refractivity contribution in [1.29, 1.82) is 0 Å². The Morgan fingerprint density at radius 2 is 2.05 bits per heavy atom. The lowest BCUT2D eigenvalue weighted by Crippen LogP contribution is -2.21. The highest BCUT2D eigenvalue weighted by Crippen LogP contribution is 2.31. The molecule has 0 saturated heterocycles. The van der Waals surface area contributed by atoms with Crippen LogP contribution in [0.5, 0.6) is 5.75 Å². The summed E-state index contributed by atoms with van der Waals surface area (Å²) in [6.07, 6.45) is 0. The van der Waals surface area contributed by atoms with Gasteiger partial charge in [-0.2, -0.15) is 0 Å². The smallest absolute Gasteiger partial charge is 0.235 e. The molecule has 0 amide bonds. The molecule has 0 bridgehead atoms. The molecule has 0 unspecified atom stereocenters. The van der Waals surface area contributed by atoms with Gasteiger partial charge in [0.15, 0.2) is 0 Å². The monoisotopic (exact) mass is 309 g/mol. The number of anilines is 1. The zero-order valence-corrected chi connectivity index (χ0v) is 12.0. The normalized spacial score (nSPS) is 11.5. The zero-order chi connectivity index (χ0) is 14.3. The van der Waals surface area contributed by atoms with E-state index in [1.54, 1.807) is 0 Å². The fourth-order valence-corrected chi connectivity index (χ4v) is 2.47. The number of ether oxygens (including phenoxy) is 2. The van der Waals surface area contributed by atoms with Crippen LogP contribution in [0.3, 0.4) is 0 Å². The second-order valence-electron chi connectivity index (χ2n) is 3.66. The summed E-state index contributed by atoms with van der Waals surface area (Å²) in [6, 6.07) is 4.34. The molecule has 2 N–H and O–H groups in total. The van der Waals surface area contributed by atoms with Gasteiger partial charge in [0.05, 0.1) is 30.6 Å². The summed E-state index contributed by atoms with van der Waals surface area (Å²) in [6.45, 7) is 0.756. The van der Waals surface area contributed by atoms with E-state index in [-0.39, 0.29) is 28.8 Å². The molecule has 0 aliphatic rings. The first-order valence-electron chi connectivity index (χ1n) is 5.51. The Kier molecular flexibility index (Phi) is 6.36. The minimum Gasteiger partial charge on any atom is -0.506 e. The van der Waals surface area contributed by atoms with Crippen LogP contribution in [-0.4, -0.2) is 46.2 Å². The fourth-order valence-electron chi connectivity index (χ4n) is 1.23. The third-order valence-corrected chi connectivity index (χ3v) is 3.71. The van der Waals surface area contributed by atoms with Crippen LogP contribution >= 0.6 is 11.6 Å². The van der Waals surface area contributed by atoms with Gasteiger partial charge in [-0.05, 0) is 12.1 Å². The molecule has 1 aromatic carbocycles. The molecule has 0 aliphatic heterocycles. The van der Waals surface area contributed by atoms with Crippen molar-refractivity contribution in [1.82, 2.24) is 0 Å². The Labute approximate surface area is 117 Å². The summed E-state index contributed by atoms with van der Waals surface area (Å²) in [5.41, 5.74) is -0.0268. The van der Waals surface area contributed by atoms with Crippen molar-refractivity contribution in [2.75, 3.05) is 37.4 Å². The minimum atomic E-state index is -3.63. The first kappa shape index (κ1) is 16.0. The summed E-state index contributed by atoms with van der Waals surface area (Å²) in [7, 11) is -2.10. The molecule has 8 heteroatoms. The van der Waals surface area contributed by atoms with Crippen LogP contribution in [0.1, 0.15) is 0 Å². The highest BCUT2D eigenvalue weighted by molar-refractivity contribution is 7.92. The van der Waals surface area contributed by atoms with Gasteiger partial charge in [-0.15, -0.1) is 0 Å². The summed E-state index contributed by atoms with van der Waals surface area (Å²) >= 11 is 5.80. The summed E-state index contributed by atoms with van der Waals surface area (Å²) in [4.78, 5) is 0. The molecule has 0 spiro atoms. The second-order valence-corrected chi connectivity index (χ2v) is 5.91. The van der Waals surface area contributed by atoms with E-state index in [0.29, 0.717) is 13.2 Å². The molecule has 0 atom stereocenters. The maximum atomic E-state index is 11.7. The summed E-state index contributed by atoms with van der Waals surface area (Å²) in [5, 5.41) is 9.67. The second kappa shape index (κ2) is 7.54. The number of phenols is 1. The summed E-state index contributed by atoms with van der Waals surface area (Å²) in [5.74, 6) is -0.460. The van der Waals surface area contributed by atoms with Crippen LogP contribution in [0.2, 0.25) is 5.02 Å². The van der Waals surface area contributed by atoms with Gasteiger partial charge < -0.3 is 14.6 Å². The average Bonchev–Trinajstić information content (AvgIpc) is 2.34. The molecular formula is C11H16ClNO5S. The van der Waals surface area contributed by atoms with Crippen LogP contribution in [0.15, 0.2) is 18.2 Å². The number of nitrogens with one attached hydrogen (secondary N) is 1. The average molecular weight is 310 g/mol. The van der Waals surface area contributed by atoms with E-state index in [0.717, 1.165) is 0 Å². The lowest BCUT2D eigenvalue weighted by molar-refractivity contribution is 0.0785. The fraction of sp³-hybridized carbons (Fsp3) is 0.455. The topological polar surface area (TPSA) is 84.9 Å². The Morgan fingerprint density at radius 1 is 1.32 bits per heavy atom. The van der Waals surface area contributed by atoms with Gasteiger partial charge in [0.1, 0.15) is 11.4 Å². The van der Waals surface area contributed by atoms with Crippen molar-refractivity contribution in [2.24, 2.45) is 0 Å². The Bertz CT molecular complexity index is 486. The number of para-hydroxylation sites is 1. The third-order valence-electron chi connectivity index (χ3n) is 2.18. The van der Waals surface area contributed by atoms with E-state index >= 15 is 0 Å². The van der Waals surface area contributed by atoms with Gasteiger partial charge >= 0.3 is 0 Å². The van der Waals surface area contributed by atoms with E-state index in [1.807, 2.05) is 0 Å². The standard InChI is InChI=1S/C11H16ClNO5S/c1-17-5-6-18-7-8-19(15,16)13-11-9(12)3-2-4-10(11)14/h2-4,13-14H,5-8H2,1H3. The third kappa shape index (κ3) is 5.65. The predicted octanol–water partition coefficient (Wildman–Crippen LogP) is 1.45. The van der Waals surface area contributed by atoms with Crippen LogP contribution in [0, 0.1) is 0 Å². The highest BCUT2D eigenvalue weighted by Gasteiger charge is 2.15. The van der Waals surface area contributed by atoms with E-state index in [1.165, 1.54) is 25.3 Å². The molecule has 0 aliphatic carbocycles. The number of methoxy groups -OCH3 is 1. The van der Waals surface area contributed by atoms with E-state index in [4.69, 9.17) is 21.1 Å². The first-order valence-corrected chi connectivity index (χ1v) is 7.54. The maximum absolute atomic E-state index is 11.7. The molecular weight excluding hydrogens is 294 g/mol. The van der Waals surface area contributed by atoms with Crippen molar-refractivity contribution in [2.45, 2.75) is 0 Å². The van der Waals surface area contributed by atoms with Gasteiger partial charge in [-0.1, -0.05) is 17.7 Å². The first-order chi connectivity index (χ1) is 8.96. The van der Waals surface area contributed by atoms with Gasteiger partial charge in [0.2, 0.25) is 10.0 Å². The molecule has 108 valence electrons. The molecule has 0 aromatic heterocycles. The molecule has 19 heavy (non-hydrogen) atoms. The maximum Gasteiger partial charge on any atom is 0.235 e. The molecule has 0 heterocycles. The SMILES string of the molecule is COCCOCCS(=O)(=O)Nc1c(O)cccc1Cl. The van der Waals surface area contributed by atoms with Crippen molar-refractivity contribution in [3.8, 4) is 5.75 Å². The molecule has 0 fully saturated rings.